The maximum absolute atomic E-state index is 10.8. The third kappa shape index (κ3) is 7.82. The van der Waals surface area contributed by atoms with Crippen LogP contribution in [-0.4, -0.2) is 49.9 Å². The van der Waals surface area contributed by atoms with Gasteiger partial charge in [0.05, 0.1) is 31.6 Å². The van der Waals surface area contributed by atoms with E-state index in [0.29, 0.717) is 38.2 Å². The Morgan fingerprint density at radius 2 is 2.15 bits per heavy atom. The molecule has 0 aliphatic heterocycles. The molecule has 1 saturated carbocycles. The van der Waals surface area contributed by atoms with E-state index < -0.39 is 0 Å². The zero-order valence-electron chi connectivity index (χ0n) is 16.2. The molecule has 2 rings (SSSR count). The summed E-state index contributed by atoms with van der Waals surface area (Å²) in [5.41, 5.74) is 0.860. The molecular formula is C18H30N4O4S. The Hall–Kier alpha value is -1.71. The van der Waals surface area contributed by atoms with E-state index in [1.54, 1.807) is 0 Å². The molecule has 0 aromatic carbocycles. The summed E-state index contributed by atoms with van der Waals surface area (Å²) in [5, 5.41) is 5.96. The average Bonchev–Trinajstić information content (AvgIpc) is 2.61. The summed E-state index contributed by atoms with van der Waals surface area (Å²) in [6.45, 7) is 8.61. The van der Waals surface area contributed by atoms with Crippen molar-refractivity contribution in [3.63, 3.8) is 0 Å². The highest BCUT2D eigenvalue weighted by Crippen LogP contribution is 2.31. The minimum atomic E-state index is -0.0272. The zero-order valence-corrected chi connectivity index (χ0v) is 17.1. The van der Waals surface area contributed by atoms with Gasteiger partial charge >= 0.3 is 0 Å². The van der Waals surface area contributed by atoms with Gasteiger partial charge in [-0.25, -0.2) is 0 Å². The first-order chi connectivity index (χ1) is 13.1. The second-order valence-electron chi connectivity index (χ2n) is 6.29. The molecule has 8 nitrogen and oxygen atoms in total. The lowest BCUT2D eigenvalue weighted by molar-refractivity contribution is -0.119. The standard InChI is InChI=1S/C18H30N4O4S/c1-4-19-18-16(22-27-26-5-2)6-7-17(21-18)25-12-14-10-15(11-14)24-9-8-20-13(3)23/h6-7,14-15,22H,4-5,8-12H2,1-3H3,(H,19,21)(H,20,23). The van der Waals surface area contributed by atoms with E-state index in [-0.39, 0.29) is 12.0 Å². The highest BCUT2D eigenvalue weighted by molar-refractivity contribution is 7.96. The van der Waals surface area contributed by atoms with Crippen LogP contribution in [-0.2, 0) is 13.7 Å². The highest BCUT2D eigenvalue weighted by Gasteiger charge is 2.30. The number of nitrogens with zero attached hydrogens (tertiary/aromatic N) is 1. The zero-order chi connectivity index (χ0) is 19.5. The summed E-state index contributed by atoms with van der Waals surface area (Å²) in [5.74, 6) is 1.80. The van der Waals surface area contributed by atoms with E-state index in [2.05, 4.69) is 20.3 Å². The third-order valence-electron chi connectivity index (χ3n) is 4.03. The molecule has 0 spiro atoms. The predicted octanol–water partition coefficient (Wildman–Crippen LogP) is 2.84. The van der Waals surface area contributed by atoms with Gasteiger partial charge in [-0.1, -0.05) is 0 Å². The van der Waals surface area contributed by atoms with Crippen molar-refractivity contribution in [2.75, 3.05) is 42.9 Å². The molecule has 0 saturated heterocycles. The lowest BCUT2D eigenvalue weighted by Gasteiger charge is -2.34. The Labute approximate surface area is 165 Å². The number of hydrogen-bond acceptors (Lipinski definition) is 8. The number of ether oxygens (including phenoxy) is 2. The number of aromatic nitrogens is 1. The van der Waals surface area contributed by atoms with E-state index in [9.17, 15) is 4.79 Å². The number of carbonyl (C=O) groups is 1. The fourth-order valence-corrected chi connectivity index (χ4v) is 3.07. The van der Waals surface area contributed by atoms with Gasteiger partial charge in [0.2, 0.25) is 11.8 Å². The molecule has 1 amide bonds. The number of amides is 1. The monoisotopic (exact) mass is 398 g/mol. The Morgan fingerprint density at radius 3 is 2.85 bits per heavy atom. The van der Waals surface area contributed by atoms with Crippen LogP contribution >= 0.6 is 12.2 Å². The second kappa shape index (κ2) is 11.9. The maximum atomic E-state index is 10.8. The summed E-state index contributed by atoms with van der Waals surface area (Å²) in [7, 11) is 0. The van der Waals surface area contributed by atoms with Crippen LogP contribution < -0.4 is 20.1 Å². The number of pyridine rings is 1. The largest absolute Gasteiger partial charge is 0.477 e. The minimum Gasteiger partial charge on any atom is -0.477 e. The van der Waals surface area contributed by atoms with Crippen molar-refractivity contribution in [3.05, 3.63) is 12.1 Å². The number of anilines is 2. The van der Waals surface area contributed by atoms with Crippen molar-refractivity contribution < 1.29 is 18.5 Å². The second-order valence-corrected chi connectivity index (χ2v) is 6.90. The van der Waals surface area contributed by atoms with Gasteiger partial charge in [0.25, 0.3) is 0 Å². The SMILES string of the molecule is CCNc1nc(OCC2CC(OCCNC(C)=O)C2)ccc1NSOCC. The molecule has 1 aliphatic carbocycles. The fourth-order valence-electron chi connectivity index (χ4n) is 2.64. The summed E-state index contributed by atoms with van der Waals surface area (Å²) in [4.78, 5) is 15.3. The average molecular weight is 399 g/mol. The highest BCUT2D eigenvalue weighted by atomic mass is 32.2. The summed E-state index contributed by atoms with van der Waals surface area (Å²) in [6.07, 6.45) is 2.22. The molecule has 0 unspecified atom stereocenters. The van der Waals surface area contributed by atoms with E-state index in [1.807, 2.05) is 26.0 Å². The van der Waals surface area contributed by atoms with Crippen LogP contribution in [0, 0.1) is 5.92 Å². The fraction of sp³-hybridized carbons (Fsp3) is 0.667. The number of hydrogen-bond donors (Lipinski definition) is 3. The molecule has 1 aromatic heterocycles. The molecule has 9 heteroatoms. The molecule has 3 N–H and O–H groups in total. The first kappa shape index (κ1) is 21.6. The van der Waals surface area contributed by atoms with E-state index in [0.717, 1.165) is 30.9 Å². The molecule has 0 bridgehead atoms. The summed E-state index contributed by atoms with van der Waals surface area (Å²) in [6, 6.07) is 3.79. The van der Waals surface area contributed by atoms with Crippen molar-refractivity contribution in [3.8, 4) is 5.88 Å². The molecule has 27 heavy (non-hydrogen) atoms. The van der Waals surface area contributed by atoms with Gasteiger partial charge in [-0.15, -0.1) is 0 Å². The molecule has 1 heterocycles. The molecule has 152 valence electrons. The van der Waals surface area contributed by atoms with Crippen LogP contribution in [0.15, 0.2) is 12.1 Å². The molecular weight excluding hydrogens is 368 g/mol. The van der Waals surface area contributed by atoms with Gasteiger partial charge < -0.3 is 24.8 Å². The molecule has 1 fully saturated rings. The van der Waals surface area contributed by atoms with Crippen molar-refractivity contribution in [1.29, 1.82) is 0 Å². The lowest BCUT2D eigenvalue weighted by Crippen LogP contribution is -2.37. The van der Waals surface area contributed by atoms with Crippen LogP contribution in [0.4, 0.5) is 11.5 Å². The molecule has 1 aliphatic rings. The Balaban J connectivity index is 1.70. The topological polar surface area (TPSA) is 93.7 Å². The van der Waals surface area contributed by atoms with Gasteiger partial charge in [0.15, 0.2) is 5.82 Å². The summed E-state index contributed by atoms with van der Waals surface area (Å²) < 4.78 is 19.9. The normalized spacial score (nSPS) is 18.5. The van der Waals surface area contributed by atoms with Crippen molar-refractivity contribution >= 4 is 29.6 Å². The van der Waals surface area contributed by atoms with Crippen molar-refractivity contribution in [2.24, 2.45) is 5.92 Å². The van der Waals surface area contributed by atoms with Gasteiger partial charge in [-0.05, 0) is 38.7 Å². The third-order valence-corrected chi connectivity index (χ3v) is 4.69. The Kier molecular flexibility index (Phi) is 9.51. The van der Waals surface area contributed by atoms with Crippen LogP contribution in [0.2, 0.25) is 0 Å². The van der Waals surface area contributed by atoms with E-state index in [1.165, 1.54) is 19.2 Å². The van der Waals surface area contributed by atoms with Gasteiger partial charge in [-0.2, -0.15) is 4.98 Å². The quantitative estimate of drug-likeness (QED) is 0.265. The van der Waals surface area contributed by atoms with Crippen molar-refractivity contribution in [1.82, 2.24) is 10.3 Å². The van der Waals surface area contributed by atoms with Crippen LogP contribution in [0.1, 0.15) is 33.6 Å². The van der Waals surface area contributed by atoms with Crippen LogP contribution in [0.25, 0.3) is 0 Å². The van der Waals surface area contributed by atoms with Gasteiger partial charge in [0, 0.05) is 26.1 Å². The molecule has 1 aromatic rings. The number of carbonyl (C=O) groups excluding carboxylic acids is 1. The molecule has 0 radical (unpaired) electrons. The first-order valence-electron chi connectivity index (χ1n) is 9.40. The minimum absolute atomic E-state index is 0.0272. The Morgan fingerprint density at radius 1 is 1.33 bits per heavy atom. The lowest BCUT2D eigenvalue weighted by atomic mass is 9.83. The summed E-state index contributed by atoms with van der Waals surface area (Å²) >= 11 is 1.19. The van der Waals surface area contributed by atoms with E-state index >= 15 is 0 Å². The van der Waals surface area contributed by atoms with Gasteiger partial charge in [-0.3, -0.25) is 8.98 Å². The number of nitrogens with one attached hydrogen (secondary N) is 3. The number of rotatable bonds is 13. The molecule has 0 atom stereocenters. The van der Waals surface area contributed by atoms with Crippen LogP contribution in [0.3, 0.4) is 0 Å². The Bertz CT molecular complexity index is 584. The van der Waals surface area contributed by atoms with Gasteiger partial charge in [0.1, 0.15) is 12.2 Å². The van der Waals surface area contributed by atoms with Crippen LogP contribution in [0.5, 0.6) is 5.88 Å². The van der Waals surface area contributed by atoms with E-state index in [4.69, 9.17) is 13.7 Å². The smallest absolute Gasteiger partial charge is 0.216 e. The maximum Gasteiger partial charge on any atom is 0.216 e. The van der Waals surface area contributed by atoms with Crippen molar-refractivity contribution in [2.45, 2.75) is 39.7 Å². The first-order valence-corrected chi connectivity index (χ1v) is 10.1. The predicted molar refractivity (Wildman–Crippen MR) is 108 cm³/mol.